The Balaban J connectivity index is 2.69. The van der Waals surface area contributed by atoms with Crippen molar-refractivity contribution in [1.29, 1.82) is 0 Å². The van der Waals surface area contributed by atoms with Crippen molar-refractivity contribution in [3.8, 4) is 0 Å². The van der Waals surface area contributed by atoms with E-state index in [-0.39, 0.29) is 7.12 Å². The molecule has 1 saturated heterocycles. The van der Waals surface area contributed by atoms with Gasteiger partial charge in [-0.1, -0.05) is 24.8 Å². The number of hydrogen-bond donors (Lipinski definition) is 0. The Hall–Kier alpha value is -1.13. The van der Waals surface area contributed by atoms with Gasteiger partial charge in [0.25, 0.3) is 0 Å². The van der Waals surface area contributed by atoms with Crippen molar-refractivity contribution in [2.75, 3.05) is 13.2 Å². The van der Waals surface area contributed by atoms with Crippen molar-refractivity contribution < 1.29 is 14.1 Å². The molecule has 1 rings (SSSR count). The Kier molecular flexibility index (Phi) is 4.36. The topological polar surface area (TPSA) is 35.5 Å². The lowest BCUT2D eigenvalue weighted by atomic mass is 9.78. The van der Waals surface area contributed by atoms with Crippen LogP contribution in [0, 0.1) is 0 Å². The molecule has 0 radical (unpaired) electrons. The third-order valence-electron chi connectivity index (χ3n) is 1.85. The molecule has 0 spiro atoms. The predicted octanol–water partition coefficient (Wildman–Crippen LogP) is 1.32. The summed E-state index contributed by atoms with van der Waals surface area (Å²) in [4.78, 5) is 10.3. The van der Waals surface area contributed by atoms with E-state index in [9.17, 15) is 4.79 Å². The molecule has 0 atom stereocenters. The number of aldehydes is 1. The predicted molar refractivity (Wildman–Crippen MR) is 55.8 cm³/mol. The van der Waals surface area contributed by atoms with Crippen molar-refractivity contribution in [2.24, 2.45) is 0 Å². The Morgan fingerprint density at radius 1 is 1.36 bits per heavy atom. The van der Waals surface area contributed by atoms with Crippen molar-refractivity contribution in [3.63, 3.8) is 0 Å². The molecule has 0 unspecified atom stereocenters. The van der Waals surface area contributed by atoms with Gasteiger partial charge in [0.2, 0.25) is 0 Å². The molecule has 0 amide bonds. The quantitative estimate of drug-likeness (QED) is 0.291. The first-order chi connectivity index (χ1) is 6.77. The zero-order valence-corrected chi connectivity index (χ0v) is 8.23. The molecule has 3 nitrogen and oxygen atoms in total. The van der Waals surface area contributed by atoms with Gasteiger partial charge in [0.1, 0.15) is 6.29 Å². The van der Waals surface area contributed by atoms with Crippen LogP contribution in [0.25, 0.3) is 0 Å². The molecule has 74 valence electrons. The SMILES string of the molecule is C=C/C(=C\C=C(/C)C=O)B1OCCO1. The number of carbonyl (C=O) groups excluding carboxylic acids is 1. The van der Waals surface area contributed by atoms with E-state index in [0.717, 1.165) is 11.8 Å². The molecule has 0 aromatic carbocycles. The van der Waals surface area contributed by atoms with E-state index in [2.05, 4.69) is 6.58 Å². The smallest absolute Gasteiger partial charge is 0.405 e. The molecular formula is C10H13BO3. The van der Waals surface area contributed by atoms with Gasteiger partial charge in [0.05, 0.1) is 13.2 Å². The summed E-state index contributed by atoms with van der Waals surface area (Å²) in [7, 11) is -0.330. The zero-order valence-electron chi connectivity index (χ0n) is 8.23. The minimum atomic E-state index is -0.330. The van der Waals surface area contributed by atoms with Gasteiger partial charge in [0, 0.05) is 0 Å². The third-order valence-corrected chi connectivity index (χ3v) is 1.85. The Morgan fingerprint density at radius 2 is 2.00 bits per heavy atom. The van der Waals surface area contributed by atoms with Crippen LogP contribution in [0.1, 0.15) is 6.92 Å². The van der Waals surface area contributed by atoms with Crippen molar-refractivity contribution >= 4 is 13.4 Å². The van der Waals surface area contributed by atoms with E-state index in [1.54, 1.807) is 25.2 Å². The molecule has 1 aliphatic heterocycles. The van der Waals surface area contributed by atoms with Crippen LogP contribution < -0.4 is 0 Å². The second-order valence-electron chi connectivity index (χ2n) is 2.97. The van der Waals surface area contributed by atoms with Gasteiger partial charge in [-0.2, -0.15) is 0 Å². The highest BCUT2D eigenvalue weighted by atomic mass is 16.6. The first kappa shape index (κ1) is 11.0. The average Bonchev–Trinajstić information content (AvgIpc) is 2.72. The summed E-state index contributed by atoms with van der Waals surface area (Å²) in [6.07, 6.45) is 5.97. The summed E-state index contributed by atoms with van der Waals surface area (Å²) in [6.45, 7) is 6.61. The highest BCUT2D eigenvalue weighted by molar-refractivity contribution is 6.55. The van der Waals surface area contributed by atoms with Crippen LogP contribution in [0.4, 0.5) is 0 Å². The van der Waals surface area contributed by atoms with E-state index < -0.39 is 0 Å². The maximum Gasteiger partial charge on any atom is 0.493 e. The lowest BCUT2D eigenvalue weighted by Gasteiger charge is -2.02. The summed E-state index contributed by atoms with van der Waals surface area (Å²) < 4.78 is 10.6. The van der Waals surface area contributed by atoms with E-state index >= 15 is 0 Å². The summed E-state index contributed by atoms with van der Waals surface area (Å²) in [5.41, 5.74) is 1.49. The molecule has 1 aliphatic rings. The number of allylic oxidation sites excluding steroid dienone is 5. The first-order valence-electron chi connectivity index (χ1n) is 4.47. The number of hydrogen-bond acceptors (Lipinski definition) is 3. The van der Waals surface area contributed by atoms with Gasteiger partial charge in [-0.05, 0) is 18.0 Å². The molecule has 0 aliphatic carbocycles. The minimum absolute atomic E-state index is 0.330. The molecule has 0 aromatic heterocycles. The standard InChI is InChI=1S/C10H13BO3/c1-3-10(5-4-9(2)8-12)11-13-6-7-14-11/h3-5,8H,1,6-7H2,2H3/b9-4+,10-5+. The van der Waals surface area contributed by atoms with Crippen molar-refractivity contribution in [1.82, 2.24) is 0 Å². The maximum atomic E-state index is 10.3. The Bertz CT molecular complexity index is 275. The molecule has 4 heteroatoms. The van der Waals surface area contributed by atoms with Crippen molar-refractivity contribution in [2.45, 2.75) is 6.92 Å². The molecular weight excluding hydrogens is 179 g/mol. The largest absolute Gasteiger partial charge is 0.493 e. The maximum absolute atomic E-state index is 10.3. The Morgan fingerprint density at radius 3 is 2.50 bits per heavy atom. The van der Waals surface area contributed by atoms with Gasteiger partial charge in [0.15, 0.2) is 0 Å². The fourth-order valence-corrected chi connectivity index (χ4v) is 1.06. The molecule has 1 fully saturated rings. The number of rotatable bonds is 4. The summed E-state index contributed by atoms with van der Waals surface area (Å²) in [5.74, 6) is 0. The number of carbonyl (C=O) groups is 1. The van der Waals surface area contributed by atoms with Crippen LogP contribution in [0.15, 0.2) is 35.9 Å². The van der Waals surface area contributed by atoms with Crippen LogP contribution in [0.2, 0.25) is 0 Å². The summed E-state index contributed by atoms with van der Waals surface area (Å²) in [6, 6.07) is 0. The van der Waals surface area contributed by atoms with Crippen LogP contribution in [0.3, 0.4) is 0 Å². The van der Waals surface area contributed by atoms with E-state index in [1.165, 1.54) is 0 Å². The highest BCUT2D eigenvalue weighted by Gasteiger charge is 2.26. The fourth-order valence-electron chi connectivity index (χ4n) is 1.06. The lowest BCUT2D eigenvalue weighted by molar-refractivity contribution is -0.104. The van der Waals surface area contributed by atoms with Crippen LogP contribution in [-0.4, -0.2) is 26.6 Å². The van der Waals surface area contributed by atoms with E-state index in [1.807, 2.05) is 0 Å². The van der Waals surface area contributed by atoms with Crippen LogP contribution >= 0.6 is 0 Å². The first-order valence-corrected chi connectivity index (χ1v) is 4.47. The van der Waals surface area contributed by atoms with Crippen molar-refractivity contribution in [3.05, 3.63) is 35.9 Å². The summed E-state index contributed by atoms with van der Waals surface area (Å²) >= 11 is 0. The highest BCUT2D eigenvalue weighted by Crippen LogP contribution is 2.11. The van der Waals surface area contributed by atoms with Gasteiger partial charge >= 0.3 is 7.12 Å². The van der Waals surface area contributed by atoms with Crippen LogP contribution in [0.5, 0.6) is 0 Å². The van der Waals surface area contributed by atoms with Gasteiger partial charge in [-0.25, -0.2) is 0 Å². The third kappa shape index (κ3) is 2.98. The molecule has 0 saturated carbocycles. The molecule has 14 heavy (non-hydrogen) atoms. The molecule has 0 N–H and O–H groups in total. The Labute approximate surface area is 84.2 Å². The molecule has 0 aromatic rings. The monoisotopic (exact) mass is 192 g/mol. The second kappa shape index (κ2) is 5.57. The van der Waals surface area contributed by atoms with Gasteiger partial charge in [-0.15, -0.1) is 0 Å². The lowest BCUT2D eigenvalue weighted by Crippen LogP contribution is -2.16. The van der Waals surface area contributed by atoms with Crippen LogP contribution in [-0.2, 0) is 14.1 Å². The van der Waals surface area contributed by atoms with Gasteiger partial charge < -0.3 is 9.31 Å². The summed E-state index contributed by atoms with van der Waals surface area (Å²) in [5, 5.41) is 0. The zero-order chi connectivity index (χ0) is 10.4. The molecule has 0 bridgehead atoms. The van der Waals surface area contributed by atoms with E-state index in [4.69, 9.17) is 9.31 Å². The minimum Gasteiger partial charge on any atom is -0.405 e. The normalized spacial score (nSPS) is 18.5. The van der Waals surface area contributed by atoms with Gasteiger partial charge in [-0.3, -0.25) is 4.79 Å². The second-order valence-corrected chi connectivity index (χ2v) is 2.97. The fraction of sp³-hybridized carbons (Fsp3) is 0.300. The average molecular weight is 192 g/mol. The van der Waals surface area contributed by atoms with E-state index in [0.29, 0.717) is 18.8 Å². The molecule has 1 heterocycles.